The summed E-state index contributed by atoms with van der Waals surface area (Å²) in [6, 6.07) is 6.48. The fourth-order valence-electron chi connectivity index (χ4n) is 2.60. The van der Waals surface area contributed by atoms with Gasteiger partial charge in [0.1, 0.15) is 0 Å². The number of carbonyl (C=O) groups is 1. The monoisotopic (exact) mass is 288 g/mol. The highest BCUT2D eigenvalue weighted by atomic mass is 32.2. The van der Waals surface area contributed by atoms with Gasteiger partial charge >= 0.3 is 5.97 Å². The van der Waals surface area contributed by atoms with Crippen LogP contribution in [0.25, 0.3) is 5.69 Å². The van der Waals surface area contributed by atoms with Gasteiger partial charge in [0.2, 0.25) is 0 Å². The number of rotatable bonds is 4. The fourth-order valence-corrected chi connectivity index (χ4v) is 3.36. The second-order valence-corrected chi connectivity index (χ2v) is 5.97. The first-order valence-corrected chi connectivity index (χ1v) is 7.65. The van der Waals surface area contributed by atoms with E-state index in [-0.39, 0.29) is 5.75 Å². The van der Waals surface area contributed by atoms with Crippen LogP contribution >= 0.6 is 11.8 Å². The van der Waals surface area contributed by atoms with Crippen LogP contribution in [0.15, 0.2) is 29.6 Å². The van der Waals surface area contributed by atoms with E-state index in [2.05, 4.69) is 23.2 Å². The number of hydrogen-bond acceptors (Lipinski definition) is 3. The van der Waals surface area contributed by atoms with Crippen molar-refractivity contribution >= 4 is 17.7 Å². The molecule has 0 atom stereocenters. The summed E-state index contributed by atoms with van der Waals surface area (Å²) in [5.74, 6) is -0.794. The van der Waals surface area contributed by atoms with Gasteiger partial charge < -0.3 is 5.11 Å². The van der Waals surface area contributed by atoms with Crippen LogP contribution in [0.3, 0.4) is 0 Å². The number of imidazole rings is 1. The van der Waals surface area contributed by atoms with Crippen LogP contribution in [0.4, 0.5) is 0 Å². The molecule has 3 rings (SSSR count). The third kappa shape index (κ3) is 2.58. The molecule has 2 aromatic rings. The molecule has 0 unspecified atom stereocenters. The molecular weight excluding hydrogens is 272 g/mol. The van der Waals surface area contributed by atoms with Crippen LogP contribution in [0.5, 0.6) is 0 Å². The molecule has 1 aromatic heterocycles. The van der Waals surface area contributed by atoms with Crippen molar-refractivity contribution in [3.8, 4) is 5.69 Å². The van der Waals surface area contributed by atoms with Gasteiger partial charge in [-0.15, -0.1) is 0 Å². The van der Waals surface area contributed by atoms with Crippen LogP contribution in [0.2, 0.25) is 0 Å². The summed E-state index contributed by atoms with van der Waals surface area (Å²) in [5.41, 5.74) is 4.81. The molecule has 0 saturated carbocycles. The van der Waals surface area contributed by atoms with Gasteiger partial charge in [-0.2, -0.15) is 0 Å². The molecule has 20 heavy (non-hydrogen) atoms. The maximum atomic E-state index is 10.7. The Labute approximate surface area is 121 Å². The highest BCUT2D eigenvalue weighted by Gasteiger charge is 2.14. The highest BCUT2D eigenvalue weighted by Crippen LogP contribution is 2.27. The second-order valence-electron chi connectivity index (χ2n) is 5.02. The number of carboxylic acids is 1. The average molecular weight is 288 g/mol. The van der Waals surface area contributed by atoms with Crippen LogP contribution in [-0.2, 0) is 17.6 Å². The normalized spacial score (nSPS) is 13.4. The maximum absolute atomic E-state index is 10.7. The van der Waals surface area contributed by atoms with Crippen molar-refractivity contribution in [2.24, 2.45) is 0 Å². The predicted octanol–water partition coefficient (Wildman–Crippen LogP) is 2.85. The van der Waals surface area contributed by atoms with E-state index in [9.17, 15) is 4.79 Å². The van der Waals surface area contributed by atoms with Crippen molar-refractivity contribution in [1.82, 2.24) is 9.55 Å². The van der Waals surface area contributed by atoms with Gasteiger partial charge in [-0.25, -0.2) is 4.98 Å². The molecule has 0 spiro atoms. The number of fused-ring (bicyclic) bond motifs is 1. The van der Waals surface area contributed by atoms with Crippen molar-refractivity contribution in [2.45, 2.75) is 31.3 Å². The van der Waals surface area contributed by atoms with E-state index >= 15 is 0 Å². The molecule has 0 aliphatic heterocycles. The first-order valence-electron chi connectivity index (χ1n) is 6.66. The minimum Gasteiger partial charge on any atom is -0.481 e. The number of carboxylic acid groups (broad SMARTS) is 1. The lowest BCUT2D eigenvalue weighted by Crippen LogP contribution is -2.01. The summed E-state index contributed by atoms with van der Waals surface area (Å²) >= 11 is 1.26. The Hall–Kier alpha value is -1.75. The Morgan fingerprint density at radius 2 is 2.20 bits per heavy atom. The van der Waals surface area contributed by atoms with Crippen molar-refractivity contribution in [3.05, 3.63) is 41.2 Å². The lowest BCUT2D eigenvalue weighted by atomic mass is 10.1. The summed E-state index contributed by atoms with van der Waals surface area (Å²) in [5, 5.41) is 9.55. The zero-order chi connectivity index (χ0) is 14.1. The number of aromatic nitrogens is 2. The van der Waals surface area contributed by atoms with Crippen molar-refractivity contribution in [3.63, 3.8) is 0 Å². The Morgan fingerprint density at radius 3 is 3.00 bits per heavy atom. The topological polar surface area (TPSA) is 55.1 Å². The van der Waals surface area contributed by atoms with E-state index in [1.54, 1.807) is 0 Å². The number of thioether (sulfide) groups is 1. The van der Waals surface area contributed by atoms with Gasteiger partial charge in [0.25, 0.3) is 0 Å². The lowest BCUT2D eigenvalue weighted by Gasteiger charge is -2.08. The van der Waals surface area contributed by atoms with E-state index < -0.39 is 5.97 Å². The molecule has 0 bridgehead atoms. The molecule has 1 heterocycles. The molecule has 4 nitrogen and oxygen atoms in total. The molecule has 1 aliphatic rings. The van der Waals surface area contributed by atoms with Gasteiger partial charge in [-0.3, -0.25) is 9.36 Å². The third-order valence-corrected chi connectivity index (χ3v) is 4.42. The Bertz CT molecular complexity index is 664. The first-order chi connectivity index (χ1) is 9.63. The SMILES string of the molecule is Cc1cn(-c2ccc3c(c2)CCC3)c(SCC(=O)O)n1. The van der Waals surface area contributed by atoms with E-state index in [0.29, 0.717) is 0 Å². The molecular formula is C15H16N2O2S. The van der Waals surface area contributed by atoms with Crippen LogP contribution in [0.1, 0.15) is 23.2 Å². The van der Waals surface area contributed by atoms with Gasteiger partial charge in [0, 0.05) is 11.9 Å². The number of nitrogens with zero attached hydrogens (tertiary/aromatic N) is 2. The summed E-state index contributed by atoms with van der Waals surface area (Å²) in [7, 11) is 0. The summed E-state index contributed by atoms with van der Waals surface area (Å²) in [6.07, 6.45) is 5.48. The molecule has 1 N–H and O–H groups in total. The first kappa shape index (κ1) is 13.2. The van der Waals surface area contributed by atoms with Gasteiger partial charge in [-0.1, -0.05) is 17.8 Å². The molecule has 0 amide bonds. The van der Waals surface area contributed by atoms with E-state index in [1.165, 1.54) is 35.7 Å². The Morgan fingerprint density at radius 1 is 1.40 bits per heavy atom. The van der Waals surface area contributed by atoms with Crippen LogP contribution < -0.4 is 0 Å². The number of benzene rings is 1. The van der Waals surface area contributed by atoms with E-state index in [1.807, 2.05) is 17.7 Å². The standard InChI is InChI=1S/C15H16N2O2S/c1-10-8-17(15(16-10)20-9-14(18)19)13-6-5-11-3-2-4-12(11)7-13/h5-8H,2-4,9H2,1H3,(H,18,19). The third-order valence-electron chi connectivity index (χ3n) is 3.48. The largest absolute Gasteiger partial charge is 0.481 e. The molecule has 0 fully saturated rings. The van der Waals surface area contributed by atoms with Gasteiger partial charge in [-0.05, 0) is 49.4 Å². The van der Waals surface area contributed by atoms with Crippen LogP contribution in [-0.4, -0.2) is 26.4 Å². The van der Waals surface area contributed by atoms with E-state index in [0.717, 1.165) is 23.0 Å². The molecule has 1 aromatic carbocycles. The quantitative estimate of drug-likeness (QED) is 0.879. The highest BCUT2D eigenvalue weighted by molar-refractivity contribution is 7.99. The number of aliphatic carboxylic acids is 1. The zero-order valence-corrected chi connectivity index (χ0v) is 12.1. The van der Waals surface area contributed by atoms with Crippen molar-refractivity contribution in [2.75, 3.05) is 5.75 Å². The van der Waals surface area contributed by atoms with Crippen molar-refractivity contribution in [1.29, 1.82) is 0 Å². The maximum Gasteiger partial charge on any atom is 0.313 e. The molecule has 1 aliphatic carbocycles. The number of hydrogen-bond donors (Lipinski definition) is 1. The summed E-state index contributed by atoms with van der Waals surface area (Å²) in [6.45, 7) is 1.93. The molecule has 104 valence electrons. The minimum atomic E-state index is -0.823. The Balaban J connectivity index is 1.95. The molecule has 5 heteroatoms. The van der Waals surface area contributed by atoms with Crippen molar-refractivity contribution < 1.29 is 9.90 Å². The Kier molecular flexibility index (Phi) is 3.53. The second kappa shape index (κ2) is 5.32. The fraction of sp³-hybridized carbons (Fsp3) is 0.333. The predicted molar refractivity (Wildman–Crippen MR) is 78.7 cm³/mol. The smallest absolute Gasteiger partial charge is 0.313 e. The summed E-state index contributed by atoms with van der Waals surface area (Å²) < 4.78 is 1.99. The molecule has 0 radical (unpaired) electrons. The van der Waals surface area contributed by atoms with Gasteiger partial charge in [0.15, 0.2) is 5.16 Å². The zero-order valence-electron chi connectivity index (χ0n) is 11.3. The van der Waals surface area contributed by atoms with Crippen LogP contribution in [0, 0.1) is 6.92 Å². The lowest BCUT2D eigenvalue weighted by molar-refractivity contribution is -0.133. The molecule has 0 saturated heterocycles. The van der Waals surface area contributed by atoms with E-state index in [4.69, 9.17) is 5.11 Å². The summed E-state index contributed by atoms with van der Waals surface area (Å²) in [4.78, 5) is 15.1. The average Bonchev–Trinajstić information content (AvgIpc) is 3.01. The van der Waals surface area contributed by atoms with Gasteiger partial charge in [0.05, 0.1) is 11.4 Å². The minimum absolute atomic E-state index is 0.0292. The number of aryl methyl sites for hydroxylation is 3.